The highest BCUT2D eigenvalue weighted by Gasteiger charge is 2.16. The monoisotopic (exact) mass is 462 g/mol. The Morgan fingerprint density at radius 2 is 1.91 bits per heavy atom. The van der Waals surface area contributed by atoms with E-state index in [1.165, 1.54) is 0 Å². The van der Waals surface area contributed by atoms with Gasteiger partial charge in [-0.1, -0.05) is 48.0 Å². The van der Waals surface area contributed by atoms with Crippen LogP contribution >= 0.6 is 11.6 Å². The lowest BCUT2D eigenvalue weighted by Gasteiger charge is -2.22. The van der Waals surface area contributed by atoms with Gasteiger partial charge >= 0.3 is 0 Å². The van der Waals surface area contributed by atoms with E-state index in [0.29, 0.717) is 24.7 Å². The molecule has 4 rings (SSSR count). The minimum Gasteiger partial charge on any atom is -0.491 e. The van der Waals surface area contributed by atoms with E-state index in [0.717, 1.165) is 41.9 Å². The van der Waals surface area contributed by atoms with Crippen LogP contribution in [-0.2, 0) is 22.6 Å². The highest BCUT2D eigenvalue weighted by atomic mass is 35.5. The van der Waals surface area contributed by atoms with Crippen molar-refractivity contribution in [3.63, 3.8) is 0 Å². The van der Waals surface area contributed by atoms with Crippen LogP contribution in [0.2, 0.25) is 5.02 Å². The second-order valence-electron chi connectivity index (χ2n) is 8.00. The Hall–Kier alpha value is -3.15. The first-order valence-electron chi connectivity index (χ1n) is 11.1. The van der Waals surface area contributed by atoms with E-state index in [1.807, 2.05) is 60.7 Å². The van der Waals surface area contributed by atoms with Crippen LogP contribution in [0.5, 0.6) is 5.75 Å². The molecule has 1 saturated heterocycles. The van der Waals surface area contributed by atoms with Crippen LogP contribution in [-0.4, -0.2) is 35.1 Å². The lowest BCUT2D eigenvalue weighted by atomic mass is 10.1. The number of carbonyl (C=O) groups is 1. The molecule has 6 heteroatoms. The van der Waals surface area contributed by atoms with Gasteiger partial charge in [-0.25, -0.2) is 0 Å². The standard InChI is InChI=1S/C27H27ClN2O3/c28-26-8-2-1-6-23(26)11-14-27(31)30(19-22-5-3-15-29-17-22)18-21-9-12-24(13-10-21)33-20-25-7-4-16-32-25/h1-3,5-6,8-15,17,25H,4,7,16,18-20H2/b14-11+/t25-/m0/s1. The zero-order chi connectivity index (χ0) is 22.9. The van der Waals surface area contributed by atoms with Gasteiger partial charge in [-0.2, -0.15) is 0 Å². The normalized spacial score (nSPS) is 15.6. The maximum absolute atomic E-state index is 13.1. The van der Waals surface area contributed by atoms with Gasteiger partial charge < -0.3 is 14.4 Å². The Bertz CT molecular complexity index is 1060. The summed E-state index contributed by atoms with van der Waals surface area (Å²) in [4.78, 5) is 19.0. The molecule has 2 aromatic carbocycles. The van der Waals surface area contributed by atoms with Gasteiger partial charge in [-0.3, -0.25) is 9.78 Å². The number of rotatable bonds is 9. The van der Waals surface area contributed by atoms with Crippen LogP contribution < -0.4 is 4.74 Å². The third-order valence-electron chi connectivity index (χ3n) is 5.48. The molecule has 170 valence electrons. The van der Waals surface area contributed by atoms with Crippen LogP contribution in [0.4, 0.5) is 0 Å². The van der Waals surface area contributed by atoms with E-state index in [-0.39, 0.29) is 12.0 Å². The molecule has 1 aromatic heterocycles. The third-order valence-corrected chi connectivity index (χ3v) is 5.82. The quantitative estimate of drug-likeness (QED) is 0.392. The molecule has 0 aliphatic carbocycles. The summed E-state index contributed by atoms with van der Waals surface area (Å²) in [7, 11) is 0. The highest BCUT2D eigenvalue weighted by molar-refractivity contribution is 6.32. The molecular formula is C27H27ClN2O3. The summed E-state index contributed by atoms with van der Waals surface area (Å²) >= 11 is 6.22. The number of carbonyl (C=O) groups excluding carboxylic acids is 1. The van der Waals surface area contributed by atoms with Crippen molar-refractivity contribution in [2.24, 2.45) is 0 Å². The molecule has 2 heterocycles. The fourth-order valence-corrected chi connectivity index (χ4v) is 3.88. The van der Waals surface area contributed by atoms with Gasteiger partial charge in [0, 0.05) is 43.2 Å². The van der Waals surface area contributed by atoms with Gasteiger partial charge in [0.15, 0.2) is 0 Å². The van der Waals surface area contributed by atoms with Crippen LogP contribution in [0.15, 0.2) is 79.1 Å². The fraction of sp³-hybridized carbons (Fsp3) is 0.259. The Kier molecular flexibility index (Phi) is 8.12. The molecule has 0 spiro atoms. The number of aromatic nitrogens is 1. The van der Waals surface area contributed by atoms with E-state index in [2.05, 4.69) is 4.98 Å². The fourth-order valence-electron chi connectivity index (χ4n) is 3.68. The van der Waals surface area contributed by atoms with Gasteiger partial charge in [0.25, 0.3) is 0 Å². The number of pyridine rings is 1. The Morgan fingerprint density at radius 3 is 2.64 bits per heavy atom. The van der Waals surface area contributed by atoms with Gasteiger partial charge in [0.2, 0.25) is 5.91 Å². The van der Waals surface area contributed by atoms with Crippen LogP contribution in [0, 0.1) is 0 Å². The smallest absolute Gasteiger partial charge is 0.247 e. The minimum atomic E-state index is -0.0996. The van der Waals surface area contributed by atoms with Gasteiger partial charge in [0.1, 0.15) is 12.4 Å². The molecule has 33 heavy (non-hydrogen) atoms. The first-order valence-corrected chi connectivity index (χ1v) is 11.5. The molecular weight excluding hydrogens is 436 g/mol. The number of halogens is 1. The lowest BCUT2D eigenvalue weighted by molar-refractivity contribution is -0.127. The summed E-state index contributed by atoms with van der Waals surface area (Å²) in [6.45, 7) is 2.31. The molecule has 5 nitrogen and oxygen atoms in total. The average molecular weight is 463 g/mol. The first kappa shape index (κ1) is 23.0. The summed E-state index contributed by atoms with van der Waals surface area (Å²) in [5.41, 5.74) is 2.79. The second-order valence-corrected chi connectivity index (χ2v) is 8.41. The Labute approximate surface area is 199 Å². The summed E-state index contributed by atoms with van der Waals surface area (Å²) in [5, 5.41) is 0.610. The molecule has 0 radical (unpaired) electrons. The van der Waals surface area contributed by atoms with Crippen molar-refractivity contribution in [2.75, 3.05) is 13.2 Å². The molecule has 1 amide bonds. The molecule has 0 bridgehead atoms. The summed E-state index contributed by atoms with van der Waals surface area (Å²) in [5.74, 6) is 0.704. The van der Waals surface area contributed by atoms with Crippen LogP contribution in [0.3, 0.4) is 0 Å². The minimum absolute atomic E-state index is 0.0996. The van der Waals surface area contributed by atoms with Gasteiger partial charge in [-0.15, -0.1) is 0 Å². The van der Waals surface area contributed by atoms with E-state index in [4.69, 9.17) is 21.1 Å². The molecule has 1 fully saturated rings. The second kappa shape index (κ2) is 11.6. The molecule has 1 atom stereocenters. The third kappa shape index (κ3) is 6.91. The van der Waals surface area contributed by atoms with Crippen LogP contribution in [0.1, 0.15) is 29.5 Å². The number of amides is 1. The first-order chi connectivity index (χ1) is 16.2. The van der Waals surface area contributed by atoms with E-state index >= 15 is 0 Å². The Balaban J connectivity index is 1.43. The number of hydrogen-bond acceptors (Lipinski definition) is 4. The Morgan fingerprint density at radius 1 is 1.09 bits per heavy atom. The zero-order valence-electron chi connectivity index (χ0n) is 18.4. The van der Waals surface area contributed by atoms with E-state index in [9.17, 15) is 4.79 Å². The number of nitrogens with zero attached hydrogens (tertiary/aromatic N) is 2. The maximum Gasteiger partial charge on any atom is 0.247 e. The number of benzene rings is 2. The largest absolute Gasteiger partial charge is 0.491 e. The van der Waals surface area contributed by atoms with E-state index in [1.54, 1.807) is 29.4 Å². The number of ether oxygens (including phenoxy) is 2. The molecule has 1 aliphatic rings. The van der Waals surface area contributed by atoms with Crippen molar-refractivity contribution in [3.05, 3.63) is 101 Å². The predicted octanol–water partition coefficient (Wildman–Crippen LogP) is 5.54. The van der Waals surface area contributed by atoms with E-state index < -0.39 is 0 Å². The van der Waals surface area contributed by atoms with Crippen LogP contribution in [0.25, 0.3) is 6.08 Å². The SMILES string of the molecule is O=C(/C=C/c1ccccc1Cl)N(Cc1ccc(OC[C@@H]2CCCO2)cc1)Cc1cccnc1. The number of hydrogen-bond donors (Lipinski definition) is 0. The van der Waals surface area contributed by atoms with Crippen molar-refractivity contribution in [2.45, 2.75) is 32.0 Å². The molecule has 3 aromatic rings. The van der Waals surface area contributed by atoms with Crippen molar-refractivity contribution < 1.29 is 14.3 Å². The zero-order valence-corrected chi connectivity index (χ0v) is 19.2. The summed E-state index contributed by atoms with van der Waals surface area (Å²) < 4.78 is 11.5. The highest BCUT2D eigenvalue weighted by Crippen LogP contribution is 2.19. The average Bonchev–Trinajstić information content (AvgIpc) is 3.37. The molecule has 1 aliphatic heterocycles. The molecule has 0 saturated carbocycles. The summed E-state index contributed by atoms with van der Waals surface area (Å²) in [6, 6.07) is 19.2. The van der Waals surface area contributed by atoms with Gasteiger partial charge in [0.05, 0.1) is 6.10 Å². The van der Waals surface area contributed by atoms with Crippen molar-refractivity contribution >= 4 is 23.6 Å². The topological polar surface area (TPSA) is 51.7 Å². The van der Waals surface area contributed by atoms with Crippen molar-refractivity contribution in [1.29, 1.82) is 0 Å². The van der Waals surface area contributed by atoms with Crippen molar-refractivity contribution in [3.8, 4) is 5.75 Å². The summed E-state index contributed by atoms with van der Waals surface area (Å²) in [6.07, 6.45) is 9.15. The molecule has 0 unspecified atom stereocenters. The lowest BCUT2D eigenvalue weighted by Crippen LogP contribution is -2.28. The van der Waals surface area contributed by atoms with Gasteiger partial charge in [-0.05, 0) is 59.9 Å². The predicted molar refractivity (Wildman–Crippen MR) is 130 cm³/mol. The molecule has 0 N–H and O–H groups in total. The van der Waals surface area contributed by atoms with Crippen molar-refractivity contribution in [1.82, 2.24) is 9.88 Å². The maximum atomic E-state index is 13.1.